The lowest BCUT2D eigenvalue weighted by molar-refractivity contribution is 0.440. The fourth-order valence-electron chi connectivity index (χ4n) is 2.68. The minimum Gasteiger partial charge on any atom is -0.335 e. The largest absolute Gasteiger partial charge is 0.335 e. The van der Waals surface area contributed by atoms with Gasteiger partial charge in [-0.1, -0.05) is 0 Å². The molecule has 1 fully saturated rings. The number of hydrogen-bond acceptors (Lipinski definition) is 4. The quantitative estimate of drug-likeness (QED) is 0.910. The molecule has 1 aliphatic heterocycles. The van der Waals surface area contributed by atoms with Gasteiger partial charge in [-0.25, -0.2) is 8.91 Å². The van der Waals surface area contributed by atoms with Crippen molar-refractivity contribution >= 4 is 11.6 Å². The number of halogens is 1. The molecule has 19 heavy (non-hydrogen) atoms. The van der Waals surface area contributed by atoms with Crippen molar-refractivity contribution in [2.75, 3.05) is 25.0 Å². The van der Waals surface area contributed by atoms with Crippen LogP contribution in [0.1, 0.15) is 19.3 Å². The molecule has 0 aromatic carbocycles. The van der Waals surface area contributed by atoms with Crippen LogP contribution < -0.4 is 10.2 Å². The predicted octanol–water partition coefficient (Wildman–Crippen LogP) is 1.45. The first-order valence-electron chi connectivity index (χ1n) is 6.71. The van der Waals surface area contributed by atoms with Crippen LogP contribution >= 0.6 is 0 Å². The molecule has 0 aliphatic carbocycles. The number of rotatable bonds is 3. The Morgan fingerprint density at radius 3 is 3.16 bits per heavy atom. The van der Waals surface area contributed by atoms with Crippen molar-refractivity contribution in [3.05, 3.63) is 24.1 Å². The highest BCUT2D eigenvalue weighted by Crippen LogP contribution is 2.22. The standard InChI is InChI=1S/C13H18FN5/c1-15-8-11-4-2-3-7-18(11)13-16-12-6-5-10(14)9-19(12)17-13/h5-6,9,11,15H,2-4,7-8H2,1H3. The minimum absolute atomic E-state index is 0.297. The van der Waals surface area contributed by atoms with Gasteiger partial charge >= 0.3 is 0 Å². The molecule has 0 saturated carbocycles. The maximum Gasteiger partial charge on any atom is 0.245 e. The Balaban J connectivity index is 1.92. The van der Waals surface area contributed by atoms with Crippen LogP contribution in [-0.2, 0) is 0 Å². The summed E-state index contributed by atoms with van der Waals surface area (Å²) in [4.78, 5) is 6.72. The first kappa shape index (κ1) is 12.3. The number of hydrogen-bond donors (Lipinski definition) is 1. The van der Waals surface area contributed by atoms with Crippen molar-refractivity contribution in [3.8, 4) is 0 Å². The SMILES string of the molecule is CNCC1CCCCN1c1nc2ccc(F)cn2n1. The number of likely N-dealkylation sites (N-methyl/N-ethyl adjacent to an activating group) is 1. The van der Waals surface area contributed by atoms with Gasteiger partial charge in [-0.2, -0.15) is 4.98 Å². The summed E-state index contributed by atoms with van der Waals surface area (Å²) >= 11 is 0. The average Bonchev–Trinajstić information content (AvgIpc) is 2.82. The molecule has 3 heterocycles. The fourth-order valence-corrected chi connectivity index (χ4v) is 2.68. The molecule has 1 atom stereocenters. The minimum atomic E-state index is -0.297. The normalized spacial score (nSPS) is 20.1. The van der Waals surface area contributed by atoms with Crippen LogP contribution in [0.4, 0.5) is 10.3 Å². The van der Waals surface area contributed by atoms with Crippen molar-refractivity contribution in [1.29, 1.82) is 0 Å². The molecule has 1 N–H and O–H groups in total. The molecule has 3 rings (SSSR count). The Morgan fingerprint density at radius 2 is 2.32 bits per heavy atom. The average molecular weight is 263 g/mol. The first-order valence-corrected chi connectivity index (χ1v) is 6.71. The molecule has 0 bridgehead atoms. The van der Waals surface area contributed by atoms with Crippen molar-refractivity contribution in [3.63, 3.8) is 0 Å². The molecule has 1 aliphatic rings. The molecule has 2 aromatic heterocycles. The van der Waals surface area contributed by atoms with E-state index in [0.29, 0.717) is 17.6 Å². The van der Waals surface area contributed by atoms with Gasteiger partial charge in [-0.05, 0) is 38.4 Å². The van der Waals surface area contributed by atoms with Gasteiger partial charge in [0.25, 0.3) is 0 Å². The Morgan fingerprint density at radius 1 is 1.42 bits per heavy atom. The molecule has 0 radical (unpaired) electrons. The van der Waals surface area contributed by atoms with Gasteiger partial charge in [-0.15, -0.1) is 5.10 Å². The molecule has 102 valence electrons. The van der Waals surface area contributed by atoms with E-state index in [0.717, 1.165) is 25.9 Å². The van der Waals surface area contributed by atoms with Gasteiger partial charge in [0, 0.05) is 19.1 Å². The zero-order chi connectivity index (χ0) is 13.2. The molecular weight excluding hydrogens is 245 g/mol. The molecule has 2 aromatic rings. The van der Waals surface area contributed by atoms with E-state index in [1.807, 2.05) is 7.05 Å². The van der Waals surface area contributed by atoms with Gasteiger partial charge in [0.15, 0.2) is 5.65 Å². The summed E-state index contributed by atoms with van der Waals surface area (Å²) < 4.78 is 14.7. The third kappa shape index (κ3) is 2.40. The highest BCUT2D eigenvalue weighted by Gasteiger charge is 2.25. The van der Waals surface area contributed by atoms with E-state index in [-0.39, 0.29) is 5.82 Å². The van der Waals surface area contributed by atoms with Crippen LogP contribution in [0.3, 0.4) is 0 Å². The van der Waals surface area contributed by atoms with Crippen LogP contribution in [-0.4, -0.2) is 40.8 Å². The van der Waals surface area contributed by atoms with Crippen LogP contribution in [0.25, 0.3) is 5.65 Å². The van der Waals surface area contributed by atoms with E-state index >= 15 is 0 Å². The summed E-state index contributed by atoms with van der Waals surface area (Å²) in [6.45, 7) is 1.88. The molecular formula is C13H18FN5. The number of nitrogens with one attached hydrogen (secondary N) is 1. The maximum atomic E-state index is 13.2. The molecule has 6 heteroatoms. The van der Waals surface area contributed by atoms with Crippen LogP contribution in [0.5, 0.6) is 0 Å². The van der Waals surface area contributed by atoms with E-state index in [4.69, 9.17) is 0 Å². The third-order valence-electron chi connectivity index (χ3n) is 3.61. The van der Waals surface area contributed by atoms with E-state index in [9.17, 15) is 4.39 Å². The fraction of sp³-hybridized carbons (Fsp3) is 0.538. The van der Waals surface area contributed by atoms with E-state index in [1.165, 1.54) is 23.2 Å². The van der Waals surface area contributed by atoms with Crippen molar-refractivity contribution < 1.29 is 4.39 Å². The third-order valence-corrected chi connectivity index (χ3v) is 3.61. The van der Waals surface area contributed by atoms with Gasteiger partial charge < -0.3 is 10.2 Å². The maximum absolute atomic E-state index is 13.2. The summed E-state index contributed by atoms with van der Waals surface area (Å²) in [6.07, 6.45) is 4.91. The molecule has 1 saturated heterocycles. The van der Waals surface area contributed by atoms with Crippen molar-refractivity contribution in [2.24, 2.45) is 0 Å². The molecule has 0 spiro atoms. The Hall–Kier alpha value is -1.69. The summed E-state index contributed by atoms with van der Waals surface area (Å²) in [5.74, 6) is 0.403. The molecule has 1 unspecified atom stereocenters. The number of nitrogens with zero attached hydrogens (tertiary/aromatic N) is 4. The zero-order valence-electron chi connectivity index (χ0n) is 11.0. The second kappa shape index (κ2) is 5.13. The van der Waals surface area contributed by atoms with Crippen LogP contribution in [0, 0.1) is 5.82 Å². The van der Waals surface area contributed by atoms with E-state index in [2.05, 4.69) is 20.3 Å². The van der Waals surface area contributed by atoms with Crippen LogP contribution in [0.2, 0.25) is 0 Å². The van der Waals surface area contributed by atoms with Crippen molar-refractivity contribution in [1.82, 2.24) is 19.9 Å². The Kier molecular flexibility index (Phi) is 3.33. The van der Waals surface area contributed by atoms with Crippen molar-refractivity contribution in [2.45, 2.75) is 25.3 Å². The second-order valence-electron chi connectivity index (χ2n) is 4.96. The lowest BCUT2D eigenvalue weighted by Crippen LogP contribution is -2.45. The zero-order valence-corrected chi connectivity index (χ0v) is 11.0. The molecule has 0 amide bonds. The Labute approximate surface area is 111 Å². The van der Waals surface area contributed by atoms with Gasteiger partial charge in [0.1, 0.15) is 5.82 Å². The summed E-state index contributed by atoms with van der Waals surface area (Å²) in [5, 5.41) is 7.61. The summed E-state index contributed by atoms with van der Waals surface area (Å²) in [6, 6.07) is 3.48. The van der Waals surface area contributed by atoms with Gasteiger partial charge in [0.05, 0.1) is 6.20 Å². The highest BCUT2D eigenvalue weighted by molar-refractivity contribution is 5.45. The summed E-state index contributed by atoms with van der Waals surface area (Å²) in [7, 11) is 1.96. The second-order valence-corrected chi connectivity index (χ2v) is 4.96. The monoisotopic (exact) mass is 263 g/mol. The lowest BCUT2D eigenvalue weighted by atomic mass is 10.0. The number of piperidine rings is 1. The summed E-state index contributed by atoms with van der Waals surface area (Å²) in [5.41, 5.74) is 0.685. The van der Waals surface area contributed by atoms with Crippen LogP contribution in [0.15, 0.2) is 18.3 Å². The molecule has 5 nitrogen and oxygen atoms in total. The number of pyridine rings is 1. The first-order chi connectivity index (χ1) is 9.28. The highest BCUT2D eigenvalue weighted by atomic mass is 19.1. The smallest absolute Gasteiger partial charge is 0.245 e. The van der Waals surface area contributed by atoms with Gasteiger partial charge in [-0.3, -0.25) is 0 Å². The number of fused-ring (bicyclic) bond motifs is 1. The lowest BCUT2D eigenvalue weighted by Gasteiger charge is -2.34. The Bertz CT molecular complexity index is 565. The van der Waals surface area contributed by atoms with E-state index in [1.54, 1.807) is 6.07 Å². The van der Waals surface area contributed by atoms with E-state index < -0.39 is 0 Å². The van der Waals surface area contributed by atoms with Gasteiger partial charge in [0.2, 0.25) is 5.95 Å². The topological polar surface area (TPSA) is 45.5 Å². The number of aromatic nitrogens is 3. The number of anilines is 1. The predicted molar refractivity (Wildman–Crippen MR) is 71.9 cm³/mol.